The Morgan fingerprint density at radius 3 is 2.58 bits per heavy atom. The number of allylic oxidation sites excluding steroid dienone is 2. The minimum atomic E-state index is -1.53. The van der Waals surface area contributed by atoms with Crippen molar-refractivity contribution in [3.05, 3.63) is 53.9 Å². The van der Waals surface area contributed by atoms with Crippen LogP contribution in [0.4, 0.5) is 0 Å². The number of aliphatic carboxylic acids is 1. The van der Waals surface area contributed by atoms with E-state index in [4.69, 9.17) is 4.74 Å². The number of carbonyl (C=O) groups is 3. The Labute approximate surface area is 200 Å². The maximum atomic E-state index is 13.5. The number of benzene rings is 1. The number of fused-ring (bicyclic) bond motifs is 1. The van der Waals surface area contributed by atoms with Gasteiger partial charge < -0.3 is 19.8 Å². The number of β-lactam (4-membered cyclic amide) rings is 1. The van der Waals surface area contributed by atoms with E-state index in [1.807, 2.05) is 30.3 Å². The zero-order valence-electron chi connectivity index (χ0n) is 18.4. The van der Waals surface area contributed by atoms with Crippen molar-refractivity contribution in [3.63, 3.8) is 0 Å². The van der Waals surface area contributed by atoms with Crippen LogP contribution in [0.15, 0.2) is 58.8 Å². The third kappa shape index (κ3) is 3.94. The van der Waals surface area contributed by atoms with Gasteiger partial charge in [0.05, 0.1) is 5.76 Å². The number of ether oxygens (including phenoxy) is 1. The minimum Gasteiger partial charge on any atom is -0.512 e. The van der Waals surface area contributed by atoms with E-state index in [0.717, 1.165) is 4.90 Å². The molecular formula is C23H26N2O6S2. The number of hydrogen-bond donors (Lipinski definition) is 2. The first kappa shape index (κ1) is 23.7. The molecule has 0 radical (unpaired) electrons. The zero-order chi connectivity index (χ0) is 23.8. The Balaban J connectivity index is 1.58. The van der Waals surface area contributed by atoms with E-state index in [9.17, 15) is 24.6 Å². The highest BCUT2D eigenvalue weighted by Gasteiger charge is 2.70. The highest BCUT2D eigenvalue weighted by molar-refractivity contribution is 8.00. The molecule has 1 aromatic carbocycles. The quantitative estimate of drug-likeness (QED) is 0.341. The number of amides is 2. The molecule has 33 heavy (non-hydrogen) atoms. The van der Waals surface area contributed by atoms with Crippen LogP contribution in [0.3, 0.4) is 0 Å². The van der Waals surface area contributed by atoms with E-state index in [1.54, 1.807) is 12.2 Å². The van der Waals surface area contributed by atoms with Crippen LogP contribution in [0.5, 0.6) is 0 Å². The molecule has 8 nitrogen and oxygen atoms in total. The van der Waals surface area contributed by atoms with E-state index in [2.05, 4.69) is 0 Å². The number of carboxylic acid groups (broad SMARTS) is 1. The molecule has 2 amide bonds. The van der Waals surface area contributed by atoms with Gasteiger partial charge in [-0.2, -0.15) is 0 Å². The number of methoxy groups -OCH3 is 1. The van der Waals surface area contributed by atoms with Gasteiger partial charge in [-0.3, -0.25) is 19.3 Å². The standard InChI is InChI=1S/C23H26N2O6S2/c1-15(26)25(16-8-10-17(27)11-9-16)23(31-2)19(28)24-12-22(21(29)30,14-33-20(23)24)13-32-18-6-4-3-5-7-18/h3-8,11,20,27H,9-10,12-14H2,1-2H3,(H,29,30)/t20-,22?,23?/m1/s1. The number of carboxylic acids is 1. The lowest BCUT2D eigenvalue weighted by Crippen LogP contribution is -2.82. The van der Waals surface area contributed by atoms with Crippen molar-refractivity contribution in [2.24, 2.45) is 5.41 Å². The smallest absolute Gasteiger partial charge is 0.313 e. The van der Waals surface area contributed by atoms with Crippen molar-refractivity contribution in [2.45, 2.75) is 35.8 Å². The average Bonchev–Trinajstić information content (AvgIpc) is 2.82. The molecule has 2 heterocycles. The van der Waals surface area contributed by atoms with E-state index >= 15 is 0 Å². The molecule has 2 saturated heterocycles. The zero-order valence-corrected chi connectivity index (χ0v) is 20.0. The second-order valence-corrected chi connectivity index (χ2v) is 10.5. The molecule has 3 atom stereocenters. The van der Waals surface area contributed by atoms with Crippen molar-refractivity contribution in [1.82, 2.24) is 9.80 Å². The maximum Gasteiger partial charge on any atom is 0.313 e. The summed E-state index contributed by atoms with van der Waals surface area (Å²) >= 11 is 2.78. The summed E-state index contributed by atoms with van der Waals surface area (Å²) in [5, 5.41) is 19.3. The Bertz CT molecular complexity index is 1030. The Morgan fingerprint density at radius 1 is 1.27 bits per heavy atom. The predicted molar refractivity (Wildman–Crippen MR) is 125 cm³/mol. The number of carbonyl (C=O) groups excluding carboxylic acids is 2. The highest BCUT2D eigenvalue weighted by Crippen LogP contribution is 2.52. The van der Waals surface area contributed by atoms with Gasteiger partial charge in [-0.05, 0) is 18.2 Å². The topological polar surface area (TPSA) is 107 Å². The van der Waals surface area contributed by atoms with Gasteiger partial charge in [0.25, 0.3) is 11.6 Å². The summed E-state index contributed by atoms with van der Waals surface area (Å²) in [6.45, 7) is 1.43. The first-order valence-electron chi connectivity index (χ1n) is 10.5. The van der Waals surface area contributed by atoms with Crippen LogP contribution in [-0.4, -0.2) is 74.1 Å². The molecule has 2 N–H and O–H groups in total. The van der Waals surface area contributed by atoms with Crippen LogP contribution in [0.2, 0.25) is 0 Å². The summed E-state index contributed by atoms with van der Waals surface area (Å²) in [4.78, 5) is 42.4. The largest absolute Gasteiger partial charge is 0.512 e. The van der Waals surface area contributed by atoms with Gasteiger partial charge in [0, 0.05) is 55.5 Å². The third-order valence-corrected chi connectivity index (χ3v) is 9.14. The number of rotatable bonds is 7. The molecular weight excluding hydrogens is 464 g/mol. The Morgan fingerprint density at radius 2 is 2.00 bits per heavy atom. The minimum absolute atomic E-state index is 0.0509. The lowest BCUT2D eigenvalue weighted by molar-refractivity contribution is -0.224. The fraction of sp³-hybridized carbons (Fsp3) is 0.435. The molecule has 0 saturated carbocycles. The summed E-state index contributed by atoms with van der Waals surface area (Å²) in [6, 6.07) is 9.56. The van der Waals surface area contributed by atoms with E-state index in [1.165, 1.54) is 47.4 Å². The number of hydrogen-bond acceptors (Lipinski definition) is 7. The normalized spacial score (nSPS) is 28.8. The van der Waals surface area contributed by atoms with Crippen LogP contribution in [0.1, 0.15) is 19.8 Å². The van der Waals surface area contributed by atoms with E-state index in [0.29, 0.717) is 17.9 Å². The molecule has 0 aromatic heterocycles. The summed E-state index contributed by atoms with van der Waals surface area (Å²) in [6.07, 6.45) is 3.90. The van der Waals surface area contributed by atoms with Crippen molar-refractivity contribution < 1.29 is 29.3 Å². The Hall–Kier alpha value is -2.43. The van der Waals surface area contributed by atoms with Crippen LogP contribution in [0.25, 0.3) is 0 Å². The molecule has 2 unspecified atom stereocenters. The number of aliphatic hydroxyl groups is 1. The van der Waals surface area contributed by atoms with Gasteiger partial charge in [0.15, 0.2) is 0 Å². The highest BCUT2D eigenvalue weighted by atomic mass is 32.2. The molecule has 0 bridgehead atoms. The first-order valence-corrected chi connectivity index (χ1v) is 12.6. The fourth-order valence-electron chi connectivity index (χ4n) is 4.48. The molecule has 3 aliphatic rings. The lowest BCUT2D eigenvalue weighted by atomic mass is 9.87. The molecule has 1 aromatic rings. The van der Waals surface area contributed by atoms with Gasteiger partial charge >= 0.3 is 5.97 Å². The average molecular weight is 491 g/mol. The third-order valence-electron chi connectivity index (χ3n) is 6.23. The molecule has 10 heteroatoms. The predicted octanol–water partition coefficient (Wildman–Crippen LogP) is 3.08. The molecule has 2 fully saturated rings. The Kier molecular flexibility index (Phi) is 6.52. The van der Waals surface area contributed by atoms with Gasteiger partial charge in [-0.15, -0.1) is 23.5 Å². The monoisotopic (exact) mass is 490 g/mol. The molecule has 4 rings (SSSR count). The summed E-state index contributed by atoms with van der Waals surface area (Å²) in [5.41, 5.74) is -2.05. The SMILES string of the molecule is COC1(N(C(C)=O)C2=CCC(O)=CC2)C(=O)N2CC(CSc3ccccc3)(C(=O)O)CS[C@@H]21. The van der Waals surface area contributed by atoms with Gasteiger partial charge in [0.1, 0.15) is 10.8 Å². The number of thioether (sulfide) groups is 2. The maximum absolute atomic E-state index is 13.5. The number of aliphatic hydroxyl groups excluding tert-OH is 1. The van der Waals surface area contributed by atoms with Crippen LogP contribution in [-0.2, 0) is 19.1 Å². The van der Waals surface area contributed by atoms with Crippen LogP contribution < -0.4 is 0 Å². The van der Waals surface area contributed by atoms with Crippen molar-refractivity contribution in [3.8, 4) is 0 Å². The van der Waals surface area contributed by atoms with Gasteiger partial charge in [-0.25, -0.2) is 0 Å². The van der Waals surface area contributed by atoms with Crippen LogP contribution >= 0.6 is 23.5 Å². The van der Waals surface area contributed by atoms with E-state index in [-0.39, 0.29) is 30.4 Å². The summed E-state index contributed by atoms with van der Waals surface area (Å²) in [7, 11) is 1.40. The summed E-state index contributed by atoms with van der Waals surface area (Å²) in [5.74, 6) is -0.897. The lowest BCUT2D eigenvalue weighted by Gasteiger charge is -2.62. The first-order chi connectivity index (χ1) is 15.7. The molecule has 176 valence electrons. The van der Waals surface area contributed by atoms with Crippen molar-refractivity contribution in [2.75, 3.05) is 25.2 Å². The second-order valence-electron chi connectivity index (χ2n) is 8.34. The summed E-state index contributed by atoms with van der Waals surface area (Å²) < 4.78 is 5.73. The fourth-order valence-corrected chi connectivity index (χ4v) is 7.39. The van der Waals surface area contributed by atoms with Gasteiger partial charge in [-0.1, -0.05) is 24.3 Å². The van der Waals surface area contributed by atoms with Gasteiger partial charge in [0.2, 0.25) is 5.91 Å². The second kappa shape index (κ2) is 9.08. The van der Waals surface area contributed by atoms with Crippen molar-refractivity contribution >= 4 is 41.3 Å². The van der Waals surface area contributed by atoms with E-state index < -0.39 is 28.4 Å². The number of nitrogens with zero attached hydrogens (tertiary/aromatic N) is 2. The van der Waals surface area contributed by atoms with Crippen molar-refractivity contribution in [1.29, 1.82) is 0 Å². The molecule has 1 aliphatic carbocycles. The molecule has 0 spiro atoms. The van der Waals surface area contributed by atoms with Crippen LogP contribution in [0, 0.1) is 5.41 Å². The molecule has 2 aliphatic heterocycles.